The maximum atomic E-state index is 2.45. The molecule has 1 nitrogen and oxygen atoms in total. The van der Waals surface area contributed by atoms with E-state index in [4.69, 9.17) is 0 Å². The minimum atomic E-state index is 1.12. The van der Waals surface area contributed by atoms with E-state index in [0.29, 0.717) is 0 Å². The summed E-state index contributed by atoms with van der Waals surface area (Å²) in [7, 11) is 0. The lowest BCUT2D eigenvalue weighted by Crippen LogP contribution is -2.34. The van der Waals surface area contributed by atoms with Gasteiger partial charge < -0.3 is 0 Å². The molecule has 2 heteroatoms. The van der Waals surface area contributed by atoms with Crippen LogP contribution in [0.1, 0.15) is 110 Å². The Morgan fingerprint density at radius 2 is 1.06 bits per heavy atom. The van der Waals surface area contributed by atoms with Gasteiger partial charge in [-0.05, 0) is 24.6 Å². The molecule has 0 radical (unpaired) electrons. The molecule has 35 heavy (non-hydrogen) atoms. The second-order valence-electron chi connectivity index (χ2n) is 10.1. The molecule has 1 aromatic heterocycles. The molecule has 0 saturated carbocycles. The number of rotatable bonds is 19. The van der Waals surface area contributed by atoms with Gasteiger partial charge in [-0.15, -0.1) is 0 Å². The number of hydrogen-bond donors (Lipinski definition) is 0. The van der Waals surface area contributed by atoms with Gasteiger partial charge in [-0.1, -0.05) is 139 Å². The van der Waals surface area contributed by atoms with E-state index in [2.05, 4.69) is 78.4 Å². The van der Waals surface area contributed by atoms with Crippen molar-refractivity contribution in [1.82, 2.24) is 0 Å². The van der Waals surface area contributed by atoms with E-state index in [1.807, 2.05) is 11.8 Å². The number of fused-ring (bicyclic) bond motifs is 1. The zero-order valence-electron chi connectivity index (χ0n) is 22.2. The Kier molecular flexibility index (Phi) is 14.0. The molecule has 0 aliphatic heterocycles. The Morgan fingerprint density at radius 1 is 0.543 bits per heavy atom. The van der Waals surface area contributed by atoms with E-state index in [0.717, 1.165) is 6.54 Å². The highest BCUT2D eigenvalue weighted by Crippen LogP contribution is 2.32. The fraction of sp³-hybridized carbons (Fsp3) is 0.545. The van der Waals surface area contributed by atoms with E-state index < -0.39 is 0 Å². The van der Waals surface area contributed by atoms with Crippen molar-refractivity contribution in [2.24, 2.45) is 0 Å². The third-order valence-corrected chi connectivity index (χ3v) is 8.19. The molecule has 0 saturated heterocycles. The first-order valence-electron chi connectivity index (χ1n) is 14.5. The van der Waals surface area contributed by atoms with Gasteiger partial charge in [-0.25, -0.2) is 0 Å². The Balaban J connectivity index is 1.26. The first-order valence-corrected chi connectivity index (χ1v) is 15.3. The Morgan fingerprint density at radius 3 is 1.66 bits per heavy atom. The number of pyridine rings is 1. The number of aryl methyl sites for hydroxylation is 1. The number of nitrogens with zero attached hydrogens (tertiary/aromatic N) is 1. The van der Waals surface area contributed by atoms with Gasteiger partial charge in [0.25, 0.3) is 0 Å². The third kappa shape index (κ3) is 10.8. The quantitative estimate of drug-likeness (QED) is 0.119. The van der Waals surface area contributed by atoms with Crippen molar-refractivity contribution in [3.8, 4) is 0 Å². The molecule has 0 amide bonds. The smallest absolute Gasteiger partial charge is 0.198 e. The second-order valence-corrected chi connectivity index (χ2v) is 11.2. The molecule has 190 valence electrons. The monoisotopic (exact) mass is 490 g/mol. The first-order chi connectivity index (χ1) is 17.4. The first kappa shape index (κ1) is 27.8. The summed E-state index contributed by atoms with van der Waals surface area (Å²) in [6, 6.07) is 21.9. The molecule has 1 heterocycles. The number of para-hydroxylation sites is 1. The zero-order chi connectivity index (χ0) is 24.4. The van der Waals surface area contributed by atoms with E-state index in [9.17, 15) is 0 Å². The van der Waals surface area contributed by atoms with Gasteiger partial charge in [0, 0.05) is 28.3 Å². The average molecular weight is 491 g/mol. The Hall–Kier alpha value is -1.80. The van der Waals surface area contributed by atoms with Crippen molar-refractivity contribution in [2.75, 3.05) is 0 Å². The standard InChI is InChI=1S/C33H48NS/c1-2-3-4-5-6-7-8-9-10-11-12-13-14-15-16-22-28-34-29-27-33(31-25-20-21-26-32(31)34)35-30-23-18-17-19-24-30/h17-21,23-27,29H,2-16,22,28H2,1H3/q+1. The third-order valence-electron chi connectivity index (χ3n) is 7.11. The molecule has 3 rings (SSSR count). The highest BCUT2D eigenvalue weighted by atomic mass is 32.2. The van der Waals surface area contributed by atoms with Crippen molar-refractivity contribution >= 4 is 22.7 Å². The molecule has 0 aliphatic carbocycles. The van der Waals surface area contributed by atoms with Crippen LogP contribution in [0.15, 0.2) is 76.7 Å². The van der Waals surface area contributed by atoms with Gasteiger partial charge in [-0.3, -0.25) is 0 Å². The minimum Gasteiger partial charge on any atom is -0.198 e. The van der Waals surface area contributed by atoms with Crippen LogP contribution < -0.4 is 4.57 Å². The van der Waals surface area contributed by atoms with Crippen LogP contribution in [0.25, 0.3) is 10.9 Å². The summed E-state index contributed by atoms with van der Waals surface area (Å²) in [4.78, 5) is 2.64. The maximum Gasteiger partial charge on any atom is 0.213 e. The molecule has 3 aromatic rings. The molecule has 0 N–H and O–H groups in total. The summed E-state index contributed by atoms with van der Waals surface area (Å²) in [5.41, 5.74) is 1.36. The van der Waals surface area contributed by atoms with Crippen LogP contribution in [0, 0.1) is 0 Å². The summed E-state index contributed by atoms with van der Waals surface area (Å²) >= 11 is 1.86. The Bertz CT molecular complexity index is 936. The fourth-order valence-electron chi connectivity index (χ4n) is 4.99. The van der Waals surface area contributed by atoms with Crippen LogP contribution in [-0.4, -0.2) is 0 Å². The lowest BCUT2D eigenvalue weighted by atomic mass is 10.0. The van der Waals surface area contributed by atoms with Gasteiger partial charge in [0.05, 0.1) is 5.39 Å². The Labute approximate surface area is 219 Å². The van der Waals surface area contributed by atoms with E-state index in [1.54, 1.807) is 0 Å². The van der Waals surface area contributed by atoms with Crippen molar-refractivity contribution in [3.05, 3.63) is 66.9 Å². The minimum absolute atomic E-state index is 1.12. The normalized spacial score (nSPS) is 11.3. The van der Waals surface area contributed by atoms with Gasteiger partial charge in [0.15, 0.2) is 6.20 Å². The number of unbranched alkanes of at least 4 members (excludes halogenated alkanes) is 15. The summed E-state index contributed by atoms with van der Waals surface area (Å²) < 4.78 is 2.45. The van der Waals surface area contributed by atoms with Crippen molar-refractivity contribution < 1.29 is 4.57 Å². The number of hydrogen-bond acceptors (Lipinski definition) is 1. The molecule has 0 unspecified atom stereocenters. The highest BCUT2D eigenvalue weighted by molar-refractivity contribution is 7.99. The van der Waals surface area contributed by atoms with Gasteiger partial charge in [0.2, 0.25) is 5.52 Å². The van der Waals surface area contributed by atoms with Crippen LogP contribution in [0.3, 0.4) is 0 Å². The van der Waals surface area contributed by atoms with Crippen LogP contribution in [-0.2, 0) is 6.54 Å². The van der Waals surface area contributed by atoms with Crippen LogP contribution in [0.4, 0.5) is 0 Å². The van der Waals surface area contributed by atoms with E-state index in [1.165, 1.54) is 123 Å². The largest absolute Gasteiger partial charge is 0.213 e. The van der Waals surface area contributed by atoms with E-state index >= 15 is 0 Å². The summed E-state index contributed by atoms with van der Waals surface area (Å²) in [6.45, 7) is 3.42. The molecule has 0 fully saturated rings. The fourth-order valence-corrected chi connectivity index (χ4v) is 5.95. The molecule has 0 bridgehead atoms. The van der Waals surface area contributed by atoms with Crippen molar-refractivity contribution in [3.63, 3.8) is 0 Å². The molecule has 0 spiro atoms. The zero-order valence-corrected chi connectivity index (χ0v) is 23.0. The van der Waals surface area contributed by atoms with Crippen LogP contribution >= 0.6 is 11.8 Å². The van der Waals surface area contributed by atoms with E-state index in [-0.39, 0.29) is 0 Å². The predicted molar refractivity (Wildman–Crippen MR) is 154 cm³/mol. The summed E-state index contributed by atoms with van der Waals surface area (Å²) in [5, 5.41) is 1.36. The molecular weight excluding hydrogens is 442 g/mol. The number of aromatic nitrogens is 1. The van der Waals surface area contributed by atoms with Crippen LogP contribution in [0.5, 0.6) is 0 Å². The molecule has 0 atom stereocenters. The van der Waals surface area contributed by atoms with Crippen molar-refractivity contribution in [2.45, 2.75) is 126 Å². The lowest BCUT2D eigenvalue weighted by molar-refractivity contribution is -0.672. The SMILES string of the molecule is CCCCCCCCCCCCCCCCCC[n+]1ccc(Sc2ccccc2)c2ccccc21. The second kappa shape index (κ2) is 17.6. The van der Waals surface area contributed by atoms with Gasteiger partial charge in [-0.2, -0.15) is 4.57 Å². The van der Waals surface area contributed by atoms with Crippen molar-refractivity contribution in [1.29, 1.82) is 0 Å². The molecular formula is C33H48NS+. The van der Waals surface area contributed by atoms with Gasteiger partial charge >= 0.3 is 0 Å². The van der Waals surface area contributed by atoms with Crippen LogP contribution in [0.2, 0.25) is 0 Å². The highest BCUT2D eigenvalue weighted by Gasteiger charge is 2.12. The predicted octanol–water partition coefficient (Wildman–Crippen LogP) is 10.5. The maximum absolute atomic E-state index is 2.45. The topological polar surface area (TPSA) is 3.88 Å². The summed E-state index contributed by atoms with van der Waals surface area (Å²) in [6.07, 6.45) is 25.0. The number of benzene rings is 2. The molecule has 2 aromatic carbocycles. The average Bonchev–Trinajstić information content (AvgIpc) is 2.90. The lowest BCUT2D eigenvalue weighted by Gasteiger charge is -2.07. The molecule has 0 aliphatic rings. The van der Waals surface area contributed by atoms with Gasteiger partial charge in [0.1, 0.15) is 6.54 Å². The summed E-state index contributed by atoms with van der Waals surface area (Å²) in [5.74, 6) is 0.